The van der Waals surface area contributed by atoms with Crippen molar-refractivity contribution in [2.24, 2.45) is 0 Å². The zero-order valence-electron chi connectivity index (χ0n) is 13.9. The minimum absolute atomic E-state index is 0. The molecule has 1 aliphatic heterocycles. The molecule has 2 atom stereocenters. The van der Waals surface area contributed by atoms with Crippen LogP contribution in [0.3, 0.4) is 0 Å². The number of hydrogen-bond donors (Lipinski definition) is 2. The second-order valence-electron chi connectivity index (χ2n) is 6.10. The van der Waals surface area contributed by atoms with Crippen molar-refractivity contribution in [2.45, 2.75) is 51.1 Å². The summed E-state index contributed by atoms with van der Waals surface area (Å²) in [5, 5.41) is 6.53. The minimum Gasteiger partial charge on any atom is -0.381 e. The molecular formula is C18H29ClN2O2. The van der Waals surface area contributed by atoms with Gasteiger partial charge in [0.15, 0.2) is 0 Å². The molecule has 0 bridgehead atoms. The van der Waals surface area contributed by atoms with Gasteiger partial charge < -0.3 is 15.4 Å². The molecular weight excluding hydrogens is 312 g/mol. The van der Waals surface area contributed by atoms with E-state index in [1.807, 2.05) is 18.2 Å². The van der Waals surface area contributed by atoms with E-state index < -0.39 is 0 Å². The Bertz CT molecular complexity index is 442. The van der Waals surface area contributed by atoms with E-state index in [1.54, 1.807) is 0 Å². The second kappa shape index (κ2) is 11.4. The van der Waals surface area contributed by atoms with Crippen molar-refractivity contribution in [3.8, 4) is 0 Å². The van der Waals surface area contributed by atoms with Crippen LogP contribution in [0.2, 0.25) is 0 Å². The van der Waals surface area contributed by atoms with Crippen molar-refractivity contribution in [3.63, 3.8) is 0 Å². The lowest BCUT2D eigenvalue weighted by molar-refractivity contribution is -0.122. The fourth-order valence-electron chi connectivity index (χ4n) is 2.83. The number of rotatable bonds is 8. The number of benzene rings is 1. The van der Waals surface area contributed by atoms with Gasteiger partial charge in [-0.1, -0.05) is 30.3 Å². The molecule has 2 rings (SSSR count). The van der Waals surface area contributed by atoms with Crippen LogP contribution in [0.1, 0.15) is 38.2 Å². The average Bonchev–Trinajstić information content (AvgIpc) is 2.52. The van der Waals surface area contributed by atoms with E-state index in [0.717, 1.165) is 38.8 Å². The summed E-state index contributed by atoms with van der Waals surface area (Å²) >= 11 is 0. The summed E-state index contributed by atoms with van der Waals surface area (Å²) in [6, 6.07) is 11.2. The van der Waals surface area contributed by atoms with E-state index in [0.29, 0.717) is 25.1 Å². The van der Waals surface area contributed by atoms with Gasteiger partial charge in [0.05, 0.1) is 6.61 Å². The molecule has 1 aliphatic rings. The lowest BCUT2D eigenvalue weighted by Gasteiger charge is -2.28. The predicted octanol–water partition coefficient (Wildman–Crippen LogP) is 2.70. The molecule has 0 saturated carbocycles. The van der Waals surface area contributed by atoms with Gasteiger partial charge in [0.1, 0.15) is 0 Å². The van der Waals surface area contributed by atoms with Gasteiger partial charge in [-0.05, 0) is 44.7 Å². The molecule has 1 amide bonds. The van der Waals surface area contributed by atoms with Crippen molar-refractivity contribution in [1.29, 1.82) is 0 Å². The van der Waals surface area contributed by atoms with Crippen LogP contribution >= 0.6 is 12.4 Å². The van der Waals surface area contributed by atoms with Crippen LogP contribution in [0.25, 0.3) is 0 Å². The number of carbonyl (C=O) groups is 1. The predicted molar refractivity (Wildman–Crippen MR) is 96.1 cm³/mol. The number of hydrogen-bond acceptors (Lipinski definition) is 3. The molecule has 5 heteroatoms. The Morgan fingerprint density at radius 2 is 2.09 bits per heavy atom. The molecule has 0 spiro atoms. The zero-order chi connectivity index (χ0) is 15.6. The second-order valence-corrected chi connectivity index (χ2v) is 6.10. The van der Waals surface area contributed by atoms with E-state index in [2.05, 4.69) is 29.7 Å². The molecule has 1 aromatic carbocycles. The Morgan fingerprint density at radius 1 is 1.30 bits per heavy atom. The number of carbonyl (C=O) groups excluding carboxylic acids is 1. The maximum absolute atomic E-state index is 11.9. The standard InChI is InChI=1S/C18H28N2O2.ClH/c1-15-14-17(9-11-19-15)20-18(21)8-5-12-22-13-10-16-6-3-2-4-7-16;/h2-4,6-7,15,17,19H,5,8-14H2,1H3,(H,20,21);1H. The molecule has 2 N–H and O–H groups in total. The first-order valence-electron chi connectivity index (χ1n) is 8.38. The van der Waals surface area contributed by atoms with Gasteiger partial charge in [-0.2, -0.15) is 0 Å². The Kier molecular flexibility index (Phi) is 9.92. The smallest absolute Gasteiger partial charge is 0.220 e. The Balaban J connectivity index is 0.00000264. The van der Waals surface area contributed by atoms with Crippen LogP contribution < -0.4 is 10.6 Å². The normalized spacial score (nSPS) is 20.6. The van der Waals surface area contributed by atoms with Gasteiger partial charge >= 0.3 is 0 Å². The third-order valence-corrected chi connectivity index (χ3v) is 4.06. The third-order valence-electron chi connectivity index (χ3n) is 4.06. The molecule has 1 heterocycles. The van der Waals surface area contributed by atoms with Crippen LogP contribution in [0.15, 0.2) is 30.3 Å². The van der Waals surface area contributed by atoms with Gasteiger partial charge in [-0.25, -0.2) is 0 Å². The Hall–Kier alpha value is -1.10. The van der Waals surface area contributed by atoms with Gasteiger partial charge in [-0.15, -0.1) is 12.4 Å². The maximum Gasteiger partial charge on any atom is 0.220 e. The average molecular weight is 341 g/mol. The van der Waals surface area contributed by atoms with Crippen LogP contribution in [-0.4, -0.2) is 37.7 Å². The Labute approximate surface area is 145 Å². The van der Waals surface area contributed by atoms with Gasteiger partial charge in [0, 0.05) is 25.1 Å². The fraction of sp³-hybridized carbons (Fsp3) is 0.611. The third kappa shape index (κ3) is 8.35. The van der Waals surface area contributed by atoms with Crippen molar-refractivity contribution < 1.29 is 9.53 Å². The van der Waals surface area contributed by atoms with E-state index in [4.69, 9.17) is 4.74 Å². The molecule has 2 unspecified atom stereocenters. The molecule has 1 saturated heterocycles. The molecule has 1 aromatic rings. The van der Waals surface area contributed by atoms with Gasteiger partial charge in [-0.3, -0.25) is 4.79 Å². The summed E-state index contributed by atoms with van der Waals surface area (Å²) in [7, 11) is 0. The van der Waals surface area contributed by atoms with Crippen molar-refractivity contribution >= 4 is 18.3 Å². The van der Waals surface area contributed by atoms with E-state index in [1.165, 1.54) is 5.56 Å². The first kappa shape index (κ1) is 19.9. The first-order chi connectivity index (χ1) is 10.7. The molecule has 130 valence electrons. The summed E-state index contributed by atoms with van der Waals surface area (Å²) in [4.78, 5) is 11.9. The monoisotopic (exact) mass is 340 g/mol. The number of amides is 1. The maximum atomic E-state index is 11.9. The van der Waals surface area contributed by atoms with Crippen molar-refractivity contribution in [2.75, 3.05) is 19.8 Å². The minimum atomic E-state index is 0. The van der Waals surface area contributed by atoms with Gasteiger partial charge in [0.25, 0.3) is 0 Å². The SMILES string of the molecule is CC1CC(NC(=O)CCCOCCc2ccccc2)CCN1.Cl. The fourth-order valence-corrected chi connectivity index (χ4v) is 2.83. The number of ether oxygens (including phenoxy) is 1. The van der Waals surface area contributed by atoms with Crippen LogP contribution in [0, 0.1) is 0 Å². The highest BCUT2D eigenvalue weighted by molar-refractivity contribution is 5.85. The molecule has 4 nitrogen and oxygen atoms in total. The highest BCUT2D eigenvalue weighted by atomic mass is 35.5. The molecule has 0 aliphatic carbocycles. The molecule has 23 heavy (non-hydrogen) atoms. The Morgan fingerprint density at radius 3 is 2.83 bits per heavy atom. The zero-order valence-corrected chi connectivity index (χ0v) is 14.7. The van der Waals surface area contributed by atoms with Crippen LogP contribution in [0.5, 0.6) is 0 Å². The quantitative estimate of drug-likeness (QED) is 0.715. The van der Waals surface area contributed by atoms with Crippen molar-refractivity contribution in [1.82, 2.24) is 10.6 Å². The summed E-state index contributed by atoms with van der Waals surface area (Å²) < 4.78 is 5.61. The summed E-state index contributed by atoms with van der Waals surface area (Å²) in [6.45, 7) is 4.54. The lowest BCUT2D eigenvalue weighted by Crippen LogP contribution is -2.46. The number of halogens is 1. The summed E-state index contributed by atoms with van der Waals surface area (Å²) in [5.41, 5.74) is 1.29. The highest BCUT2D eigenvalue weighted by Crippen LogP contribution is 2.08. The summed E-state index contributed by atoms with van der Waals surface area (Å²) in [6.07, 6.45) is 4.34. The van der Waals surface area contributed by atoms with E-state index >= 15 is 0 Å². The van der Waals surface area contributed by atoms with Gasteiger partial charge in [0.2, 0.25) is 5.91 Å². The van der Waals surface area contributed by atoms with Crippen molar-refractivity contribution in [3.05, 3.63) is 35.9 Å². The lowest BCUT2D eigenvalue weighted by atomic mass is 10.0. The largest absolute Gasteiger partial charge is 0.381 e. The molecule has 0 radical (unpaired) electrons. The number of nitrogens with one attached hydrogen (secondary N) is 2. The topological polar surface area (TPSA) is 50.4 Å². The van der Waals surface area contributed by atoms with Crippen LogP contribution in [-0.2, 0) is 16.0 Å². The highest BCUT2D eigenvalue weighted by Gasteiger charge is 2.19. The molecule has 0 aromatic heterocycles. The van der Waals surface area contributed by atoms with Crippen LogP contribution in [0.4, 0.5) is 0 Å². The van der Waals surface area contributed by atoms with E-state index in [9.17, 15) is 4.79 Å². The number of piperidine rings is 1. The first-order valence-corrected chi connectivity index (χ1v) is 8.38. The molecule has 1 fully saturated rings. The van der Waals surface area contributed by atoms with E-state index in [-0.39, 0.29) is 18.3 Å². The summed E-state index contributed by atoms with van der Waals surface area (Å²) in [5.74, 6) is 0.158.